The van der Waals surface area contributed by atoms with E-state index < -0.39 is 10.0 Å². The van der Waals surface area contributed by atoms with E-state index in [1.165, 1.54) is 0 Å². The monoisotopic (exact) mass is 440 g/mol. The van der Waals surface area contributed by atoms with E-state index in [4.69, 9.17) is 0 Å². The van der Waals surface area contributed by atoms with Crippen LogP contribution in [0, 0.1) is 13.8 Å². The second-order valence-corrected chi connectivity index (χ2v) is 9.70. The fraction of sp³-hybridized carbons (Fsp3) is 0.174. The normalized spacial score (nSPS) is 11.1. The SMILES string of the molecule is C=CCN(Cc1cccs1)C(=O)c1ccc(NS(=O)(=O)c2ccc(C)c(C)c2)cc1. The number of amides is 1. The predicted molar refractivity (Wildman–Crippen MR) is 122 cm³/mol. The van der Waals surface area contributed by atoms with Crippen molar-refractivity contribution in [3.63, 3.8) is 0 Å². The minimum atomic E-state index is -3.70. The van der Waals surface area contributed by atoms with Gasteiger partial charge in [-0.2, -0.15) is 0 Å². The lowest BCUT2D eigenvalue weighted by atomic mass is 10.1. The molecule has 1 N–H and O–H groups in total. The molecule has 0 aliphatic carbocycles. The zero-order valence-electron chi connectivity index (χ0n) is 17.0. The molecule has 156 valence electrons. The maximum atomic E-state index is 12.9. The number of thiophene rings is 1. The Balaban J connectivity index is 1.75. The Morgan fingerprint density at radius 1 is 1.10 bits per heavy atom. The number of hydrogen-bond acceptors (Lipinski definition) is 4. The summed E-state index contributed by atoms with van der Waals surface area (Å²) in [5.41, 5.74) is 2.83. The Bertz CT molecular complexity index is 1140. The van der Waals surface area contributed by atoms with Crippen LogP contribution in [0.25, 0.3) is 0 Å². The molecule has 7 heteroatoms. The number of aryl methyl sites for hydroxylation is 2. The van der Waals surface area contributed by atoms with Gasteiger partial charge in [0.1, 0.15) is 0 Å². The van der Waals surface area contributed by atoms with E-state index >= 15 is 0 Å². The summed E-state index contributed by atoms with van der Waals surface area (Å²) in [6, 6.07) is 15.4. The Kier molecular flexibility index (Phi) is 6.74. The molecule has 0 saturated heterocycles. The first-order valence-electron chi connectivity index (χ1n) is 9.43. The first-order valence-corrected chi connectivity index (χ1v) is 11.8. The highest BCUT2D eigenvalue weighted by Gasteiger charge is 2.18. The van der Waals surface area contributed by atoms with Crippen molar-refractivity contribution >= 4 is 33.0 Å². The van der Waals surface area contributed by atoms with Gasteiger partial charge in [-0.3, -0.25) is 9.52 Å². The number of carbonyl (C=O) groups excluding carboxylic acids is 1. The van der Waals surface area contributed by atoms with Gasteiger partial charge < -0.3 is 4.90 Å². The highest BCUT2D eigenvalue weighted by atomic mass is 32.2. The first-order chi connectivity index (χ1) is 14.3. The van der Waals surface area contributed by atoms with Gasteiger partial charge in [-0.1, -0.05) is 18.2 Å². The molecule has 3 aromatic rings. The molecule has 0 radical (unpaired) electrons. The molecule has 5 nitrogen and oxygen atoms in total. The highest BCUT2D eigenvalue weighted by molar-refractivity contribution is 7.92. The van der Waals surface area contributed by atoms with Gasteiger partial charge in [-0.25, -0.2) is 8.42 Å². The van der Waals surface area contributed by atoms with Crippen LogP contribution >= 0.6 is 11.3 Å². The quantitative estimate of drug-likeness (QED) is 0.502. The number of anilines is 1. The zero-order chi connectivity index (χ0) is 21.7. The van der Waals surface area contributed by atoms with Crippen molar-refractivity contribution in [3.05, 3.63) is 94.2 Å². The average Bonchev–Trinajstić information content (AvgIpc) is 3.22. The first kappa shape index (κ1) is 21.8. The van der Waals surface area contributed by atoms with Crippen molar-refractivity contribution in [1.29, 1.82) is 0 Å². The summed E-state index contributed by atoms with van der Waals surface area (Å²) in [6.07, 6.45) is 1.69. The molecule has 0 spiro atoms. The van der Waals surface area contributed by atoms with Crippen molar-refractivity contribution in [3.8, 4) is 0 Å². The lowest BCUT2D eigenvalue weighted by Gasteiger charge is -2.20. The van der Waals surface area contributed by atoms with E-state index in [0.717, 1.165) is 16.0 Å². The van der Waals surface area contributed by atoms with E-state index in [-0.39, 0.29) is 10.8 Å². The maximum absolute atomic E-state index is 12.9. The van der Waals surface area contributed by atoms with Crippen LogP contribution in [-0.2, 0) is 16.6 Å². The third-order valence-corrected chi connectivity index (χ3v) is 6.98. The molecule has 3 rings (SSSR count). The Morgan fingerprint density at radius 3 is 2.43 bits per heavy atom. The number of nitrogens with one attached hydrogen (secondary N) is 1. The Labute approximate surface area is 181 Å². The molecule has 2 aromatic carbocycles. The van der Waals surface area contributed by atoms with Crippen LogP contribution in [0.3, 0.4) is 0 Å². The second-order valence-electron chi connectivity index (χ2n) is 6.98. The Hall–Kier alpha value is -2.90. The van der Waals surface area contributed by atoms with Gasteiger partial charge in [0.05, 0.1) is 11.4 Å². The molecule has 0 saturated carbocycles. The second kappa shape index (κ2) is 9.28. The summed E-state index contributed by atoms with van der Waals surface area (Å²) < 4.78 is 27.9. The number of carbonyl (C=O) groups is 1. The van der Waals surface area contributed by atoms with Crippen LogP contribution in [0.15, 0.2) is 77.5 Å². The molecule has 30 heavy (non-hydrogen) atoms. The summed E-state index contributed by atoms with van der Waals surface area (Å²) in [5, 5.41) is 1.97. The zero-order valence-corrected chi connectivity index (χ0v) is 18.6. The van der Waals surface area contributed by atoms with Gasteiger partial charge in [0.2, 0.25) is 0 Å². The summed E-state index contributed by atoms with van der Waals surface area (Å²) in [6.45, 7) is 8.47. The Morgan fingerprint density at radius 2 is 1.83 bits per heavy atom. The van der Waals surface area contributed by atoms with E-state index in [1.807, 2.05) is 31.4 Å². The average molecular weight is 441 g/mol. The van der Waals surface area contributed by atoms with Crippen molar-refractivity contribution in [2.45, 2.75) is 25.3 Å². The smallest absolute Gasteiger partial charge is 0.261 e. The molecule has 0 aliphatic rings. The standard InChI is InChI=1S/C23H24N2O3S2/c1-4-13-25(16-21-6-5-14-29-21)23(26)19-8-10-20(11-9-19)24-30(27,28)22-12-7-17(2)18(3)15-22/h4-12,14-15,24H,1,13,16H2,2-3H3. The minimum absolute atomic E-state index is 0.133. The van der Waals surface area contributed by atoms with Crippen LogP contribution in [0.2, 0.25) is 0 Å². The number of sulfonamides is 1. The molecule has 1 amide bonds. The van der Waals surface area contributed by atoms with Crippen molar-refractivity contribution in [2.24, 2.45) is 0 Å². The molecular weight excluding hydrogens is 416 g/mol. The lowest BCUT2D eigenvalue weighted by molar-refractivity contribution is 0.0764. The van der Waals surface area contributed by atoms with Crippen molar-refractivity contribution in [1.82, 2.24) is 4.90 Å². The molecule has 0 atom stereocenters. The van der Waals surface area contributed by atoms with E-state index in [2.05, 4.69) is 11.3 Å². The number of nitrogens with zero attached hydrogens (tertiary/aromatic N) is 1. The molecular formula is C23H24N2O3S2. The van der Waals surface area contributed by atoms with Crippen molar-refractivity contribution in [2.75, 3.05) is 11.3 Å². The molecule has 0 bridgehead atoms. The summed E-state index contributed by atoms with van der Waals surface area (Å²) >= 11 is 1.59. The number of hydrogen-bond donors (Lipinski definition) is 1. The molecule has 0 aliphatic heterocycles. The predicted octanol–water partition coefficient (Wildman–Crippen LogP) is 4.99. The number of rotatable bonds is 8. The highest BCUT2D eigenvalue weighted by Crippen LogP contribution is 2.20. The third kappa shape index (κ3) is 5.17. The summed E-state index contributed by atoms with van der Waals surface area (Å²) in [4.78, 5) is 15.9. The maximum Gasteiger partial charge on any atom is 0.261 e. The van der Waals surface area contributed by atoms with Gasteiger partial charge >= 0.3 is 0 Å². The van der Waals surface area contributed by atoms with Gasteiger partial charge in [-0.15, -0.1) is 17.9 Å². The summed E-state index contributed by atoms with van der Waals surface area (Å²) in [7, 11) is -3.70. The molecule has 1 heterocycles. The van der Waals surface area contributed by atoms with E-state index in [0.29, 0.717) is 24.3 Å². The van der Waals surface area contributed by atoms with Crippen LogP contribution < -0.4 is 4.72 Å². The molecule has 0 fully saturated rings. The van der Waals surface area contributed by atoms with Gasteiger partial charge in [0.15, 0.2) is 0 Å². The van der Waals surface area contributed by atoms with Crippen molar-refractivity contribution < 1.29 is 13.2 Å². The van der Waals surface area contributed by atoms with Crippen LogP contribution in [0.1, 0.15) is 26.4 Å². The molecule has 1 aromatic heterocycles. The number of benzene rings is 2. The van der Waals surface area contributed by atoms with Gasteiger partial charge in [0.25, 0.3) is 15.9 Å². The van der Waals surface area contributed by atoms with E-state index in [1.54, 1.807) is 64.8 Å². The van der Waals surface area contributed by atoms with E-state index in [9.17, 15) is 13.2 Å². The molecule has 0 unspecified atom stereocenters. The fourth-order valence-corrected chi connectivity index (χ4v) is 4.79. The van der Waals surface area contributed by atoms with Crippen LogP contribution in [-0.4, -0.2) is 25.8 Å². The van der Waals surface area contributed by atoms with Gasteiger partial charge in [0, 0.05) is 22.7 Å². The topological polar surface area (TPSA) is 66.5 Å². The van der Waals surface area contributed by atoms with Crippen LogP contribution in [0.5, 0.6) is 0 Å². The third-order valence-electron chi connectivity index (χ3n) is 4.74. The largest absolute Gasteiger partial charge is 0.330 e. The van der Waals surface area contributed by atoms with Gasteiger partial charge in [-0.05, 0) is 72.8 Å². The minimum Gasteiger partial charge on any atom is -0.330 e. The fourth-order valence-electron chi connectivity index (χ4n) is 2.92. The summed E-state index contributed by atoms with van der Waals surface area (Å²) in [5.74, 6) is -0.133. The lowest BCUT2D eigenvalue weighted by Crippen LogP contribution is -2.30. The van der Waals surface area contributed by atoms with Crippen LogP contribution in [0.4, 0.5) is 5.69 Å².